The van der Waals surface area contributed by atoms with Crippen molar-refractivity contribution in [2.75, 3.05) is 11.9 Å². The zero-order chi connectivity index (χ0) is 20.3. The number of rotatable bonds is 4. The summed E-state index contributed by atoms with van der Waals surface area (Å²) in [6.07, 6.45) is -3.01. The Hall–Kier alpha value is -3.07. The summed E-state index contributed by atoms with van der Waals surface area (Å²) in [6.45, 7) is -0.590. The maximum Gasteiger partial charge on any atom is 0.416 e. The molecule has 2 aromatic rings. The van der Waals surface area contributed by atoms with Crippen molar-refractivity contribution in [2.45, 2.75) is 6.18 Å². The molecule has 2 aromatic carbocycles. The molecule has 28 heavy (non-hydrogen) atoms. The first-order valence-corrected chi connectivity index (χ1v) is 8.83. The third kappa shape index (κ3) is 4.61. The van der Waals surface area contributed by atoms with Crippen molar-refractivity contribution < 1.29 is 27.6 Å². The highest BCUT2D eigenvalue weighted by molar-refractivity contribution is 8.18. The van der Waals surface area contributed by atoms with Gasteiger partial charge in [-0.05, 0) is 41.6 Å². The van der Waals surface area contributed by atoms with Crippen molar-refractivity contribution in [3.8, 4) is 0 Å². The number of alkyl halides is 3. The average molecular weight is 406 g/mol. The van der Waals surface area contributed by atoms with Crippen molar-refractivity contribution in [2.24, 2.45) is 0 Å². The van der Waals surface area contributed by atoms with Crippen LogP contribution in [0.2, 0.25) is 0 Å². The number of benzene rings is 2. The standard InChI is InChI=1S/C19H13F3N2O3S/c20-19(21,22)13-7-4-8-14(10-13)23-16(25)11-24-17(26)15(28-18(24)27)9-12-5-2-1-3-6-12/h1-10H,11H2,(H,23,25)/b15-9+. The van der Waals surface area contributed by atoms with Crippen molar-refractivity contribution in [1.29, 1.82) is 0 Å². The molecule has 0 bridgehead atoms. The molecule has 1 N–H and O–H groups in total. The zero-order valence-electron chi connectivity index (χ0n) is 14.2. The lowest BCUT2D eigenvalue weighted by molar-refractivity contribution is -0.137. The largest absolute Gasteiger partial charge is 0.416 e. The summed E-state index contributed by atoms with van der Waals surface area (Å²) in [6, 6.07) is 13.0. The molecule has 1 heterocycles. The van der Waals surface area contributed by atoms with Gasteiger partial charge in [-0.2, -0.15) is 13.2 Å². The Morgan fingerprint density at radius 1 is 1.07 bits per heavy atom. The van der Waals surface area contributed by atoms with Crippen LogP contribution in [0.5, 0.6) is 0 Å². The normalized spacial score (nSPS) is 16.0. The fourth-order valence-corrected chi connectivity index (χ4v) is 3.29. The van der Waals surface area contributed by atoms with Gasteiger partial charge in [-0.15, -0.1) is 0 Å². The van der Waals surface area contributed by atoms with Gasteiger partial charge in [-0.1, -0.05) is 36.4 Å². The van der Waals surface area contributed by atoms with Gasteiger partial charge in [0.15, 0.2) is 0 Å². The lowest BCUT2D eigenvalue weighted by Gasteiger charge is -2.13. The van der Waals surface area contributed by atoms with Crippen LogP contribution >= 0.6 is 11.8 Å². The van der Waals surface area contributed by atoms with Crippen LogP contribution in [0.15, 0.2) is 59.5 Å². The van der Waals surface area contributed by atoms with Gasteiger partial charge in [0.2, 0.25) is 5.91 Å². The average Bonchev–Trinajstić information content (AvgIpc) is 2.89. The number of thioether (sulfide) groups is 1. The summed E-state index contributed by atoms with van der Waals surface area (Å²) in [4.78, 5) is 37.5. The van der Waals surface area contributed by atoms with E-state index in [1.165, 1.54) is 12.1 Å². The number of carbonyl (C=O) groups excluding carboxylic acids is 3. The van der Waals surface area contributed by atoms with E-state index in [0.717, 1.165) is 28.7 Å². The summed E-state index contributed by atoms with van der Waals surface area (Å²) in [5, 5.41) is 1.65. The summed E-state index contributed by atoms with van der Waals surface area (Å²) in [7, 11) is 0. The Balaban J connectivity index is 1.68. The Morgan fingerprint density at radius 3 is 2.46 bits per heavy atom. The number of anilines is 1. The molecule has 3 rings (SSSR count). The number of amides is 3. The Bertz CT molecular complexity index is 958. The summed E-state index contributed by atoms with van der Waals surface area (Å²) in [5.74, 6) is -1.40. The Morgan fingerprint density at radius 2 is 1.79 bits per heavy atom. The van der Waals surface area contributed by atoms with Crippen LogP contribution in [-0.4, -0.2) is 28.5 Å². The topological polar surface area (TPSA) is 66.5 Å². The zero-order valence-corrected chi connectivity index (χ0v) is 15.0. The maximum atomic E-state index is 12.7. The molecule has 0 aliphatic carbocycles. The predicted octanol–water partition coefficient (Wildman–Crippen LogP) is 4.38. The number of nitrogens with zero attached hydrogens (tertiary/aromatic N) is 1. The van der Waals surface area contributed by atoms with Crippen LogP contribution in [0, 0.1) is 0 Å². The number of carbonyl (C=O) groups is 3. The van der Waals surface area contributed by atoms with Crippen molar-refractivity contribution in [1.82, 2.24) is 4.90 Å². The van der Waals surface area contributed by atoms with Crippen LogP contribution in [0.25, 0.3) is 6.08 Å². The molecule has 1 fully saturated rings. The molecule has 0 spiro atoms. The summed E-state index contributed by atoms with van der Waals surface area (Å²) in [5.41, 5.74) is -0.268. The van der Waals surface area contributed by atoms with E-state index in [2.05, 4.69) is 5.32 Å². The smallest absolute Gasteiger partial charge is 0.325 e. The third-order valence-corrected chi connectivity index (χ3v) is 4.65. The molecule has 0 saturated carbocycles. The molecule has 1 aliphatic heterocycles. The minimum absolute atomic E-state index is 0.0772. The molecule has 0 aromatic heterocycles. The van der Waals surface area contributed by atoms with Gasteiger partial charge in [-0.3, -0.25) is 19.3 Å². The lowest BCUT2D eigenvalue weighted by atomic mass is 10.2. The number of hydrogen-bond acceptors (Lipinski definition) is 4. The first-order chi connectivity index (χ1) is 13.2. The number of halogens is 3. The second-order valence-corrected chi connectivity index (χ2v) is 6.80. The van der Waals surface area contributed by atoms with E-state index in [-0.39, 0.29) is 10.6 Å². The van der Waals surface area contributed by atoms with Gasteiger partial charge in [0, 0.05) is 5.69 Å². The van der Waals surface area contributed by atoms with Gasteiger partial charge in [0.1, 0.15) is 6.54 Å². The molecule has 0 unspecified atom stereocenters. The van der Waals surface area contributed by atoms with Gasteiger partial charge in [0.25, 0.3) is 11.1 Å². The van der Waals surface area contributed by atoms with Crippen molar-refractivity contribution >= 4 is 40.6 Å². The van der Waals surface area contributed by atoms with E-state index in [4.69, 9.17) is 0 Å². The van der Waals surface area contributed by atoms with Crippen LogP contribution in [-0.2, 0) is 15.8 Å². The van der Waals surface area contributed by atoms with Crippen LogP contribution in [0.3, 0.4) is 0 Å². The number of hydrogen-bond donors (Lipinski definition) is 1. The molecule has 1 saturated heterocycles. The van der Waals surface area contributed by atoms with Gasteiger partial charge >= 0.3 is 6.18 Å². The van der Waals surface area contributed by atoms with Crippen LogP contribution < -0.4 is 5.32 Å². The molecular formula is C19H13F3N2O3S. The van der Waals surface area contributed by atoms with Gasteiger partial charge in [0.05, 0.1) is 10.5 Å². The van der Waals surface area contributed by atoms with E-state index in [9.17, 15) is 27.6 Å². The summed E-state index contributed by atoms with van der Waals surface area (Å²) >= 11 is 0.701. The predicted molar refractivity (Wildman–Crippen MR) is 99.2 cm³/mol. The van der Waals surface area contributed by atoms with E-state index in [1.54, 1.807) is 30.3 Å². The first-order valence-electron chi connectivity index (χ1n) is 8.01. The van der Waals surface area contributed by atoms with E-state index >= 15 is 0 Å². The fraction of sp³-hybridized carbons (Fsp3) is 0.105. The highest BCUT2D eigenvalue weighted by Crippen LogP contribution is 2.32. The minimum atomic E-state index is -4.55. The monoisotopic (exact) mass is 406 g/mol. The second-order valence-electron chi connectivity index (χ2n) is 5.81. The van der Waals surface area contributed by atoms with E-state index in [1.807, 2.05) is 0 Å². The molecule has 5 nitrogen and oxygen atoms in total. The van der Waals surface area contributed by atoms with Crippen molar-refractivity contribution in [3.63, 3.8) is 0 Å². The quantitative estimate of drug-likeness (QED) is 0.766. The van der Waals surface area contributed by atoms with Crippen LogP contribution in [0.4, 0.5) is 23.7 Å². The fourth-order valence-electron chi connectivity index (χ4n) is 2.45. The Labute approximate surface area is 162 Å². The Kier molecular flexibility index (Phi) is 5.55. The van der Waals surface area contributed by atoms with Crippen LogP contribution in [0.1, 0.15) is 11.1 Å². The van der Waals surface area contributed by atoms with E-state index < -0.39 is 35.3 Å². The van der Waals surface area contributed by atoms with Gasteiger partial charge in [-0.25, -0.2) is 0 Å². The molecular weight excluding hydrogens is 393 g/mol. The molecule has 0 atom stereocenters. The minimum Gasteiger partial charge on any atom is -0.325 e. The molecule has 9 heteroatoms. The molecule has 144 valence electrons. The molecule has 1 aliphatic rings. The van der Waals surface area contributed by atoms with Crippen molar-refractivity contribution in [3.05, 3.63) is 70.6 Å². The van der Waals surface area contributed by atoms with Gasteiger partial charge < -0.3 is 5.32 Å². The second kappa shape index (κ2) is 7.89. The van der Waals surface area contributed by atoms with E-state index in [0.29, 0.717) is 11.8 Å². The lowest BCUT2D eigenvalue weighted by Crippen LogP contribution is -2.36. The highest BCUT2D eigenvalue weighted by Gasteiger charge is 2.36. The number of nitrogens with one attached hydrogen (secondary N) is 1. The summed E-state index contributed by atoms with van der Waals surface area (Å²) < 4.78 is 38.2. The SMILES string of the molecule is O=C(CN1C(=O)S/C(=C/c2ccccc2)C1=O)Nc1cccc(C(F)(F)F)c1. The maximum absolute atomic E-state index is 12.7. The third-order valence-electron chi connectivity index (χ3n) is 3.75. The first kappa shape index (κ1) is 19.7. The molecule has 3 amide bonds. The number of imide groups is 1. The molecule has 0 radical (unpaired) electrons. The highest BCUT2D eigenvalue weighted by atomic mass is 32.2.